The number of hydrogen-bond acceptors (Lipinski definition) is 2. The molecule has 0 saturated carbocycles. The minimum Gasteiger partial charge on any atom is -1.00 e. The van der Waals surface area contributed by atoms with E-state index in [1.165, 1.54) is 0 Å². The molecule has 96 valence electrons. The molecular formula is C10H19Br2N2O2-. The molecule has 0 aromatic heterocycles. The summed E-state index contributed by atoms with van der Waals surface area (Å²) in [6.07, 6.45) is 4.57. The van der Waals surface area contributed by atoms with Gasteiger partial charge in [-0.25, -0.2) is 15.4 Å². The lowest BCUT2D eigenvalue weighted by molar-refractivity contribution is -0.614. The molecule has 6 heteroatoms. The number of unbranched alkanes of at least 4 members (excludes halogenated alkanes) is 1. The van der Waals surface area contributed by atoms with Gasteiger partial charge in [-0.05, 0) is 12.8 Å². The van der Waals surface area contributed by atoms with E-state index in [9.17, 15) is 9.59 Å². The highest BCUT2D eigenvalue weighted by molar-refractivity contribution is 6.00. The van der Waals surface area contributed by atoms with E-state index in [0.29, 0.717) is 0 Å². The number of nitrogens with one attached hydrogen (secondary N) is 1. The third kappa shape index (κ3) is 4.14. The van der Waals surface area contributed by atoms with Crippen molar-refractivity contribution in [3.05, 3.63) is 0 Å². The zero-order valence-corrected chi connectivity index (χ0v) is 12.9. The van der Waals surface area contributed by atoms with Crippen LogP contribution < -0.4 is 44.6 Å². The zero-order chi connectivity index (χ0) is 10.6. The Morgan fingerprint density at radius 3 is 2.12 bits per heavy atom. The first-order valence-corrected chi connectivity index (χ1v) is 5.36. The van der Waals surface area contributed by atoms with Crippen LogP contribution in [0.3, 0.4) is 0 Å². The van der Waals surface area contributed by atoms with Crippen molar-refractivity contribution < 1.29 is 48.9 Å². The van der Waals surface area contributed by atoms with Crippen LogP contribution in [0.4, 0.5) is 4.79 Å². The summed E-state index contributed by atoms with van der Waals surface area (Å²) in [5, 5.41) is 3.95. The first-order chi connectivity index (χ1) is 6.64. The van der Waals surface area contributed by atoms with Crippen molar-refractivity contribution in [3.63, 3.8) is 0 Å². The summed E-state index contributed by atoms with van der Waals surface area (Å²) in [6.45, 7) is 4.13. The highest BCUT2D eigenvalue weighted by atomic mass is 79.9. The molecule has 0 spiro atoms. The quantitative estimate of drug-likeness (QED) is 0.482. The average Bonchev–Trinajstić information content (AvgIpc) is 2.40. The maximum Gasteiger partial charge on any atom is 0.420 e. The molecule has 1 atom stereocenters. The number of carbonyl (C=O) groups is 2. The second-order valence-electron chi connectivity index (χ2n) is 3.97. The third-order valence-electron chi connectivity index (χ3n) is 2.77. The SMILES string of the molecule is CCCCC1(CCC)[NH2+]C(=O)NC1=O.[Br-].[Br-]. The van der Waals surface area contributed by atoms with E-state index in [0.717, 1.165) is 32.1 Å². The van der Waals surface area contributed by atoms with E-state index in [1.807, 2.05) is 6.92 Å². The summed E-state index contributed by atoms with van der Waals surface area (Å²) in [4.78, 5) is 22.8. The Balaban J connectivity index is 0. The molecule has 1 heterocycles. The molecule has 1 saturated heterocycles. The number of hydrogen-bond donors (Lipinski definition) is 2. The predicted molar refractivity (Wildman–Crippen MR) is 52.6 cm³/mol. The number of primary amides is 1. The molecule has 3 amide bonds. The average molecular weight is 359 g/mol. The number of amides is 3. The van der Waals surface area contributed by atoms with Gasteiger partial charge in [0, 0.05) is 12.8 Å². The van der Waals surface area contributed by atoms with E-state index in [1.54, 1.807) is 5.32 Å². The molecule has 0 aromatic carbocycles. The molecule has 3 N–H and O–H groups in total. The third-order valence-corrected chi connectivity index (χ3v) is 2.77. The van der Waals surface area contributed by atoms with Crippen LogP contribution in [0.1, 0.15) is 46.0 Å². The Morgan fingerprint density at radius 2 is 1.75 bits per heavy atom. The summed E-state index contributed by atoms with van der Waals surface area (Å²) in [5.41, 5.74) is -0.498. The molecule has 4 nitrogen and oxygen atoms in total. The van der Waals surface area contributed by atoms with Crippen molar-refractivity contribution in [2.75, 3.05) is 0 Å². The minimum atomic E-state index is -0.498. The Hall–Kier alpha value is 0.0600. The fourth-order valence-corrected chi connectivity index (χ4v) is 2.02. The van der Waals surface area contributed by atoms with Gasteiger partial charge in [0.2, 0.25) is 0 Å². The Morgan fingerprint density at radius 1 is 1.12 bits per heavy atom. The van der Waals surface area contributed by atoms with E-state index in [4.69, 9.17) is 0 Å². The minimum absolute atomic E-state index is 0. The fourth-order valence-electron chi connectivity index (χ4n) is 2.02. The molecule has 0 radical (unpaired) electrons. The molecule has 1 rings (SSSR count). The molecule has 1 fully saturated rings. The van der Waals surface area contributed by atoms with Crippen molar-refractivity contribution in [3.8, 4) is 0 Å². The number of imide groups is 1. The van der Waals surface area contributed by atoms with Crippen LogP contribution >= 0.6 is 0 Å². The van der Waals surface area contributed by atoms with E-state index >= 15 is 0 Å². The summed E-state index contributed by atoms with van der Waals surface area (Å²) >= 11 is 0. The van der Waals surface area contributed by atoms with Gasteiger partial charge in [0.15, 0.2) is 5.54 Å². The Labute approximate surface area is 117 Å². The van der Waals surface area contributed by atoms with Crippen molar-refractivity contribution >= 4 is 11.9 Å². The molecular weight excluding hydrogens is 340 g/mol. The van der Waals surface area contributed by atoms with E-state index in [-0.39, 0.29) is 45.9 Å². The number of halogens is 2. The van der Waals surface area contributed by atoms with Crippen LogP contribution in [0, 0.1) is 0 Å². The van der Waals surface area contributed by atoms with Gasteiger partial charge in [-0.15, -0.1) is 0 Å². The number of quaternary nitrogens is 1. The lowest BCUT2D eigenvalue weighted by Gasteiger charge is -2.20. The maximum atomic E-state index is 11.6. The number of carbonyl (C=O) groups excluding carboxylic acids is 2. The first-order valence-electron chi connectivity index (χ1n) is 5.36. The van der Waals surface area contributed by atoms with Gasteiger partial charge in [0.05, 0.1) is 0 Å². The van der Waals surface area contributed by atoms with Crippen LogP contribution in [0.15, 0.2) is 0 Å². The summed E-state index contributed by atoms with van der Waals surface area (Å²) in [7, 11) is 0. The van der Waals surface area contributed by atoms with Gasteiger partial charge in [-0.2, -0.15) is 0 Å². The smallest absolute Gasteiger partial charge is 0.420 e. The molecule has 16 heavy (non-hydrogen) atoms. The standard InChI is InChI=1S/C10H18N2O2.2BrH/c1-3-5-7-10(6-4-2)8(13)11-9(14)12-10;;/h3-7H2,1-2H3,(H2,11,12,13,14);2*1H/p-1. The maximum absolute atomic E-state index is 11.6. The van der Waals surface area contributed by atoms with Crippen molar-refractivity contribution in [2.45, 2.75) is 51.5 Å². The lowest BCUT2D eigenvalue weighted by atomic mass is 9.88. The molecule has 1 unspecified atom stereocenters. The normalized spacial score (nSPS) is 23.4. The van der Waals surface area contributed by atoms with Gasteiger partial charge in [-0.1, -0.05) is 20.3 Å². The summed E-state index contributed by atoms with van der Waals surface area (Å²) < 4.78 is 0. The van der Waals surface area contributed by atoms with Crippen LogP contribution in [-0.4, -0.2) is 17.5 Å². The van der Waals surface area contributed by atoms with Crippen LogP contribution in [-0.2, 0) is 4.79 Å². The van der Waals surface area contributed by atoms with Gasteiger partial charge < -0.3 is 34.0 Å². The monoisotopic (exact) mass is 357 g/mol. The van der Waals surface area contributed by atoms with E-state index in [2.05, 4.69) is 12.2 Å². The summed E-state index contributed by atoms with van der Waals surface area (Å²) in [6, 6.07) is -0.223. The van der Waals surface area contributed by atoms with Crippen LogP contribution in [0.5, 0.6) is 0 Å². The van der Waals surface area contributed by atoms with Gasteiger partial charge >= 0.3 is 6.03 Å². The van der Waals surface area contributed by atoms with E-state index < -0.39 is 5.54 Å². The van der Waals surface area contributed by atoms with Crippen molar-refractivity contribution in [2.24, 2.45) is 0 Å². The molecule has 0 aromatic rings. The predicted octanol–water partition coefficient (Wildman–Crippen LogP) is -5.46. The van der Waals surface area contributed by atoms with Crippen LogP contribution in [0.2, 0.25) is 0 Å². The second-order valence-corrected chi connectivity index (χ2v) is 3.97. The Kier molecular flexibility index (Phi) is 9.44. The van der Waals surface area contributed by atoms with Crippen LogP contribution in [0.25, 0.3) is 0 Å². The molecule has 0 bridgehead atoms. The summed E-state index contributed by atoms with van der Waals surface area (Å²) in [5.74, 6) is -0.0993. The lowest BCUT2D eigenvalue weighted by Crippen LogP contribution is -3.00. The molecule has 1 aliphatic heterocycles. The molecule has 1 aliphatic rings. The van der Waals surface area contributed by atoms with Crippen molar-refractivity contribution in [1.82, 2.24) is 5.32 Å². The highest BCUT2D eigenvalue weighted by Crippen LogP contribution is 2.18. The van der Waals surface area contributed by atoms with Crippen molar-refractivity contribution in [1.29, 1.82) is 0 Å². The highest BCUT2D eigenvalue weighted by Gasteiger charge is 2.49. The Bertz CT molecular complexity index is 249. The number of urea groups is 1. The largest absolute Gasteiger partial charge is 1.00 e. The fraction of sp³-hybridized carbons (Fsp3) is 0.800. The van der Waals surface area contributed by atoms with Gasteiger partial charge in [-0.3, -0.25) is 4.79 Å². The number of nitrogens with two attached hydrogens (primary N) is 1. The van der Waals surface area contributed by atoms with Gasteiger partial charge in [0.1, 0.15) is 0 Å². The topological polar surface area (TPSA) is 62.8 Å². The molecule has 0 aliphatic carbocycles. The first kappa shape index (κ1) is 18.4. The number of rotatable bonds is 5. The second kappa shape index (κ2) is 8.20. The zero-order valence-electron chi connectivity index (χ0n) is 9.69. The van der Waals surface area contributed by atoms with Gasteiger partial charge in [0.25, 0.3) is 5.91 Å².